The van der Waals surface area contributed by atoms with E-state index >= 15 is 0 Å². The van der Waals surface area contributed by atoms with Gasteiger partial charge in [0.15, 0.2) is 0 Å². The monoisotopic (exact) mass is 752 g/mol. The van der Waals surface area contributed by atoms with Crippen LogP contribution in [-0.2, 0) is 45.9 Å². The maximum Gasteiger partial charge on any atom is 0.409 e. The molecule has 15 nitrogen and oxygen atoms in total. The average molecular weight is 753 g/mol. The van der Waals surface area contributed by atoms with E-state index in [1.807, 2.05) is 41.3 Å². The van der Waals surface area contributed by atoms with Crippen molar-refractivity contribution in [3.63, 3.8) is 0 Å². The first kappa shape index (κ1) is 38.4. The van der Waals surface area contributed by atoms with Gasteiger partial charge in [-0.3, -0.25) is 19.6 Å². The van der Waals surface area contributed by atoms with E-state index < -0.39 is 27.1 Å². The lowest BCUT2D eigenvalue weighted by Gasteiger charge is -2.32. The number of sulfonamides is 2. The van der Waals surface area contributed by atoms with Crippen LogP contribution in [0.3, 0.4) is 0 Å². The highest BCUT2D eigenvalue weighted by Crippen LogP contribution is 2.32. The molecule has 18 heteroatoms. The molecule has 3 aromatic carbocycles. The van der Waals surface area contributed by atoms with E-state index in [2.05, 4.69) is 29.6 Å². The number of nitrogens with zero attached hydrogens (tertiary/aromatic N) is 4. The number of nitrogens with one attached hydrogen (secondary N) is 4. The van der Waals surface area contributed by atoms with E-state index in [0.717, 1.165) is 106 Å². The van der Waals surface area contributed by atoms with E-state index in [-0.39, 0.29) is 10.6 Å². The Hall–Kier alpha value is -4.81. The van der Waals surface area contributed by atoms with Crippen LogP contribution in [0.1, 0.15) is 41.6 Å². The summed E-state index contributed by atoms with van der Waals surface area (Å²) in [5.74, 6) is 0. The minimum atomic E-state index is -3.27. The van der Waals surface area contributed by atoms with Gasteiger partial charge in [0.05, 0.1) is 47.4 Å². The van der Waals surface area contributed by atoms with Gasteiger partial charge in [0, 0.05) is 55.0 Å². The summed E-state index contributed by atoms with van der Waals surface area (Å²) in [5.41, 5.74) is 8.82. The molecular weight excluding hydrogens is 707 g/mol. The predicted octanol–water partition coefficient (Wildman–Crippen LogP) is 4.61. The van der Waals surface area contributed by atoms with Gasteiger partial charge in [0.25, 0.3) is 5.69 Å². The fourth-order valence-corrected chi connectivity index (χ4v) is 7.61. The summed E-state index contributed by atoms with van der Waals surface area (Å²) in [6, 6.07) is 16.2. The van der Waals surface area contributed by atoms with Crippen molar-refractivity contribution in [2.75, 3.05) is 56.6 Å². The molecule has 0 saturated carbocycles. The first-order valence-electron chi connectivity index (χ1n) is 17.0. The molecule has 1 aromatic heterocycles. The number of non-ortho nitro benzene ring substituents is 1. The quantitative estimate of drug-likeness (QED) is 0.0956. The summed E-state index contributed by atoms with van der Waals surface area (Å²) in [7, 11) is -7.10. The number of nitro benzene ring substituents is 1. The Morgan fingerprint density at radius 3 is 2.06 bits per heavy atom. The molecule has 0 bridgehead atoms. The molecule has 278 valence electrons. The summed E-state index contributed by atoms with van der Waals surface area (Å²) in [6.07, 6.45) is 12.0. The third-order valence-electron chi connectivity index (χ3n) is 8.76. The zero-order valence-electron chi connectivity index (χ0n) is 29.5. The molecule has 0 saturated heterocycles. The van der Waals surface area contributed by atoms with E-state index in [1.54, 1.807) is 37.4 Å². The first-order chi connectivity index (χ1) is 24.6. The molecule has 5 N–H and O–H groups in total. The van der Waals surface area contributed by atoms with Crippen LogP contribution in [0.2, 0.25) is 6.82 Å². The van der Waals surface area contributed by atoms with Gasteiger partial charge in [-0.2, -0.15) is 0 Å². The fraction of sp³-hybridized carbons (Fsp3) is 0.382. The number of aromatic nitrogens is 2. The molecule has 0 radical (unpaired) electrons. The molecule has 0 amide bonds. The Morgan fingerprint density at radius 2 is 1.46 bits per heavy atom. The van der Waals surface area contributed by atoms with Crippen molar-refractivity contribution >= 4 is 61.2 Å². The van der Waals surface area contributed by atoms with Crippen molar-refractivity contribution in [1.82, 2.24) is 9.97 Å². The van der Waals surface area contributed by atoms with Gasteiger partial charge < -0.3 is 25.0 Å². The summed E-state index contributed by atoms with van der Waals surface area (Å²) in [6.45, 7) is 5.11. The maximum absolute atomic E-state index is 11.4. The molecular formula is C34H45BN8O7S2. The predicted molar refractivity (Wildman–Crippen MR) is 207 cm³/mol. The van der Waals surface area contributed by atoms with Crippen LogP contribution in [0, 0.1) is 10.1 Å². The number of hydrogen-bond acceptors (Lipinski definition) is 11. The number of hydrogen-bond donors (Lipinski definition) is 5. The maximum atomic E-state index is 11.4. The number of imidazole rings is 1. The Labute approximate surface area is 305 Å². The third-order valence-corrected chi connectivity index (χ3v) is 9.97. The van der Waals surface area contributed by atoms with Gasteiger partial charge in [0.2, 0.25) is 20.0 Å². The topological polar surface area (TPSA) is 203 Å². The Bertz CT molecular complexity index is 2080. The molecule has 4 aromatic rings. The fourth-order valence-electron chi connectivity index (χ4n) is 6.50. The molecule has 4 heterocycles. The highest BCUT2D eigenvalue weighted by Gasteiger charge is 2.24. The van der Waals surface area contributed by atoms with Gasteiger partial charge in [-0.1, -0.05) is 18.2 Å². The zero-order valence-corrected chi connectivity index (χ0v) is 31.1. The largest absolute Gasteiger partial charge is 0.432 e. The molecule has 3 aliphatic heterocycles. The van der Waals surface area contributed by atoms with Crippen molar-refractivity contribution in [3.05, 3.63) is 99.6 Å². The van der Waals surface area contributed by atoms with Crippen LogP contribution in [-0.4, -0.2) is 75.9 Å². The molecule has 0 fully saturated rings. The average Bonchev–Trinajstić information content (AvgIpc) is 3.60. The number of rotatable bonds is 8. The highest BCUT2D eigenvalue weighted by atomic mass is 32.2. The van der Waals surface area contributed by atoms with Crippen LogP contribution in [0.5, 0.6) is 0 Å². The summed E-state index contributed by atoms with van der Waals surface area (Å²) in [4.78, 5) is 21.4. The lowest BCUT2D eigenvalue weighted by atomic mass is 9.81. The molecule has 0 aliphatic carbocycles. The third kappa shape index (κ3) is 10.9. The van der Waals surface area contributed by atoms with Crippen LogP contribution in [0.25, 0.3) is 0 Å². The molecule has 0 unspecified atom stereocenters. The van der Waals surface area contributed by atoms with Crippen molar-refractivity contribution in [1.29, 1.82) is 0 Å². The van der Waals surface area contributed by atoms with Gasteiger partial charge in [-0.15, -0.1) is 0 Å². The number of aromatic amines is 1. The van der Waals surface area contributed by atoms with E-state index in [9.17, 15) is 32.0 Å². The second kappa shape index (κ2) is 16.7. The number of H-pyrrole nitrogens is 1. The smallest absolute Gasteiger partial charge is 0.409 e. The van der Waals surface area contributed by atoms with Gasteiger partial charge in [0.1, 0.15) is 0 Å². The van der Waals surface area contributed by atoms with Gasteiger partial charge in [-0.05, 0) is 86.3 Å². The number of nitro groups is 1. The first-order valence-corrected chi connectivity index (χ1v) is 20.8. The minimum Gasteiger partial charge on any atom is -0.432 e. The molecule has 3 aliphatic rings. The number of aryl methyl sites for hydroxylation is 3. The van der Waals surface area contributed by atoms with Crippen LogP contribution < -0.4 is 24.5 Å². The highest BCUT2D eigenvalue weighted by molar-refractivity contribution is 7.92. The number of benzene rings is 3. The zero-order chi connectivity index (χ0) is 37.5. The van der Waals surface area contributed by atoms with Crippen LogP contribution >= 0.6 is 0 Å². The molecule has 52 heavy (non-hydrogen) atoms. The lowest BCUT2D eigenvalue weighted by molar-refractivity contribution is -0.384. The van der Waals surface area contributed by atoms with Crippen molar-refractivity contribution in [2.45, 2.75) is 51.9 Å². The summed E-state index contributed by atoms with van der Waals surface area (Å²) >= 11 is 0. The lowest BCUT2D eigenvalue weighted by Crippen LogP contribution is -2.40. The van der Waals surface area contributed by atoms with Crippen molar-refractivity contribution in [3.8, 4) is 0 Å². The van der Waals surface area contributed by atoms with Gasteiger partial charge >= 0.3 is 7.05 Å². The SMILES string of the molecule is CB(O)N1CCCc2ccc(NS(C)(=O)=O)cc21.CS(=O)(=O)Nc1ccc2c(c1)N(Cc1cnc[nH]1)CCC2.O=[N+]([O-])c1ccc2c(c1)NCCC2. The number of fused-ring (bicyclic) bond motifs is 3. The standard InChI is InChI=1S/C14H18N4O2S.C11H17BN2O3S.C9H10N2O2/c1-21(19,20)17-12-5-4-11-3-2-6-18(14(11)7-12)9-13-8-15-10-16-13;1-12(15)14-7-3-4-9-5-6-10(8-11(9)14)13-18(2,16)17;12-11(13)8-4-3-7-2-1-5-10-9(7)6-8/h4-5,7-8,10,17H,2-3,6,9H2,1H3,(H,15,16);5-6,8,13,15H,3-4,7H2,1-2H3;3-4,6,10H,1-2,5H2. The molecule has 7 rings (SSSR count). The van der Waals surface area contributed by atoms with E-state index in [0.29, 0.717) is 11.4 Å². The summed E-state index contributed by atoms with van der Waals surface area (Å²) in [5, 5.41) is 23.4. The van der Waals surface area contributed by atoms with Crippen molar-refractivity contribution < 1.29 is 26.8 Å². The van der Waals surface area contributed by atoms with Gasteiger partial charge in [-0.25, -0.2) is 21.8 Å². The second-order valence-electron chi connectivity index (χ2n) is 13.1. The normalized spacial score (nSPS) is 14.8. The van der Waals surface area contributed by atoms with Crippen LogP contribution in [0.15, 0.2) is 67.1 Å². The molecule has 0 atom stereocenters. The van der Waals surface area contributed by atoms with Crippen molar-refractivity contribution in [2.24, 2.45) is 0 Å². The second-order valence-corrected chi connectivity index (χ2v) is 16.6. The van der Waals surface area contributed by atoms with E-state index in [4.69, 9.17) is 0 Å². The summed E-state index contributed by atoms with van der Waals surface area (Å²) < 4.78 is 50.1. The number of anilines is 5. The Morgan fingerprint density at radius 1 is 0.865 bits per heavy atom. The van der Waals surface area contributed by atoms with Crippen LogP contribution in [0.4, 0.5) is 34.1 Å². The Balaban J connectivity index is 0.000000155. The minimum absolute atomic E-state index is 0.160. The molecule has 0 spiro atoms. The van der Waals surface area contributed by atoms with E-state index in [1.165, 1.54) is 11.1 Å². The Kier molecular flexibility index (Phi) is 12.3.